The molecule has 2 atom stereocenters. The van der Waals surface area contributed by atoms with Crippen molar-refractivity contribution in [1.82, 2.24) is 10.2 Å². The number of hydrogen-bond acceptors (Lipinski definition) is 2. The van der Waals surface area contributed by atoms with Crippen LogP contribution in [0.5, 0.6) is 0 Å². The largest absolute Gasteiger partial charge is 0.310 e. The van der Waals surface area contributed by atoms with Crippen molar-refractivity contribution in [3.8, 4) is 0 Å². The summed E-state index contributed by atoms with van der Waals surface area (Å²) >= 11 is 0. The smallest absolute Gasteiger partial charge is 0.0291 e. The molecule has 0 saturated carbocycles. The van der Waals surface area contributed by atoms with E-state index in [0.717, 1.165) is 12.6 Å². The van der Waals surface area contributed by atoms with Crippen LogP contribution in [-0.2, 0) is 0 Å². The molecular formula is C16H26N2. The van der Waals surface area contributed by atoms with Crippen LogP contribution in [0.3, 0.4) is 0 Å². The summed E-state index contributed by atoms with van der Waals surface area (Å²) in [6, 6.07) is 11.9. The fourth-order valence-electron chi connectivity index (χ4n) is 2.83. The van der Waals surface area contributed by atoms with Gasteiger partial charge >= 0.3 is 0 Å². The summed E-state index contributed by atoms with van der Waals surface area (Å²) in [5, 5.41) is 3.64. The number of nitrogens with zero attached hydrogens (tertiary/aromatic N) is 1. The Morgan fingerprint density at radius 1 is 1.28 bits per heavy atom. The van der Waals surface area contributed by atoms with Crippen molar-refractivity contribution in [3.63, 3.8) is 0 Å². The molecule has 18 heavy (non-hydrogen) atoms. The van der Waals surface area contributed by atoms with E-state index in [1.165, 1.54) is 37.8 Å². The lowest BCUT2D eigenvalue weighted by Crippen LogP contribution is -2.38. The zero-order chi connectivity index (χ0) is 12.8. The molecule has 0 aliphatic carbocycles. The highest BCUT2D eigenvalue weighted by molar-refractivity contribution is 5.17. The van der Waals surface area contributed by atoms with E-state index < -0.39 is 0 Å². The molecule has 0 aromatic heterocycles. The molecule has 2 heteroatoms. The molecule has 0 spiro atoms. The second kappa shape index (κ2) is 6.91. The van der Waals surface area contributed by atoms with Gasteiger partial charge in [0.25, 0.3) is 0 Å². The van der Waals surface area contributed by atoms with Crippen LogP contribution < -0.4 is 5.32 Å². The SMILES string of the molecule is C[C@H](NCCC1CCCCN1C)c1ccccc1. The van der Waals surface area contributed by atoms with Crippen molar-refractivity contribution >= 4 is 0 Å². The van der Waals surface area contributed by atoms with Gasteiger partial charge in [0.15, 0.2) is 0 Å². The van der Waals surface area contributed by atoms with Crippen LogP contribution in [0, 0.1) is 0 Å². The average Bonchev–Trinajstić information content (AvgIpc) is 2.42. The molecule has 1 aliphatic rings. The molecule has 1 fully saturated rings. The van der Waals surface area contributed by atoms with Crippen LogP contribution in [0.4, 0.5) is 0 Å². The highest BCUT2D eigenvalue weighted by Gasteiger charge is 2.18. The van der Waals surface area contributed by atoms with E-state index in [0.29, 0.717) is 6.04 Å². The van der Waals surface area contributed by atoms with Crippen LogP contribution in [0.2, 0.25) is 0 Å². The minimum absolute atomic E-state index is 0.458. The number of piperidine rings is 1. The van der Waals surface area contributed by atoms with Crippen LogP contribution in [-0.4, -0.2) is 31.1 Å². The van der Waals surface area contributed by atoms with Gasteiger partial charge in [-0.25, -0.2) is 0 Å². The molecule has 1 N–H and O–H groups in total. The van der Waals surface area contributed by atoms with Crippen LogP contribution in [0.1, 0.15) is 44.2 Å². The summed E-state index contributed by atoms with van der Waals surface area (Å²) in [7, 11) is 2.27. The molecule has 1 aromatic rings. The topological polar surface area (TPSA) is 15.3 Å². The van der Waals surface area contributed by atoms with Crippen molar-refractivity contribution in [2.75, 3.05) is 20.1 Å². The summed E-state index contributed by atoms with van der Waals surface area (Å²) in [5.41, 5.74) is 1.38. The van der Waals surface area contributed by atoms with Crippen molar-refractivity contribution in [2.24, 2.45) is 0 Å². The first kappa shape index (κ1) is 13.6. The van der Waals surface area contributed by atoms with Gasteiger partial charge in [-0.3, -0.25) is 0 Å². The first-order chi connectivity index (χ1) is 8.77. The van der Waals surface area contributed by atoms with E-state index >= 15 is 0 Å². The summed E-state index contributed by atoms with van der Waals surface area (Å²) in [6.07, 6.45) is 5.43. The molecule has 1 aromatic carbocycles. The van der Waals surface area contributed by atoms with Crippen LogP contribution in [0.25, 0.3) is 0 Å². The van der Waals surface area contributed by atoms with E-state index in [2.05, 4.69) is 54.5 Å². The Morgan fingerprint density at radius 3 is 2.78 bits per heavy atom. The normalized spacial score (nSPS) is 22.9. The summed E-state index contributed by atoms with van der Waals surface area (Å²) in [5.74, 6) is 0. The van der Waals surface area contributed by atoms with Gasteiger partial charge in [-0.1, -0.05) is 36.8 Å². The predicted molar refractivity (Wildman–Crippen MR) is 77.7 cm³/mol. The fraction of sp³-hybridized carbons (Fsp3) is 0.625. The van der Waals surface area contributed by atoms with E-state index in [1.807, 2.05) is 0 Å². The van der Waals surface area contributed by atoms with Gasteiger partial charge in [-0.05, 0) is 51.9 Å². The van der Waals surface area contributed by atoms with Gasteiger partial charge in [-0.15, -0.1) is 0 Å². The maximum absolute atomic E-state index is 3.64. The van der Waals surface area contributed by atoms with Crippen LogP contribution in [0.15, 0.2) is 30.3 Å². The highest BCUT2D eigenvalue weighted by Crippen LogP contribution is 2.18. The summed E-state index contributed by atoms with van der Waals surface area (Å²) in [4.78, 5) is 2.53. The van der Waals surface area contributed by atoms with Crippen molar-refractivity contribution in [1.29, 1.82) is 0 Å². The fourth-order valence-corrected chi connectivity index (χ4v) is 2.83. The Bertz CT molecular complexity index is 336. The molecule has 1 heterocycles. The second-order valence-corrected chi connectivity index (χ2v) is 5.51. The zero-order valence-corrected chi connectivity index (χ0v) is 11.7. The Labute approximate surface area is 111 Å². The first-order valence-electron chi connectivity index (χ1n) is 7.26. The predicted octanol–water partition coefficient (Wildman–Crippen LogP) is 3.21. The molecule has 1 unspecified atom stereocenters. The highest BCUT2D eigenvalue weighted by atomic mass is 15.1. The van der Waals surface area contributed by atoms with Gasteiger partial charge in [0.1, 0.15) is 0 Å². The van der Waals surface area contributed by atoms with Gasteiger partial charge < -0.3 is 10.2 Å². The monoisotopic (exact) mass is 246 g/mol. The molecule has 1 saturated heterocycles. The molecule has 2 nitrogen and oxygen atoms in total. The Hall–Kier alpha value is -0.860. The van der Waals surface area contributed by atoms with E-state index in [4.69, 9.17) is 0 Å². The van der Waals surface area contributed by atoms with Gasteiger partial charge in [0.05, 0.1) is 0 Å². The standard InChI is InChI=1S/C16H26N2/c1-14(15-8-4-3-5-9-15)17-12-11-16-10-6-7-13-18(16)2/h3-5,8-9,14,16-17H,6-7,10-13H2,1-2H3/t14-,16?/m0/s1. The molecule has 0 radical (unpaired) electrons. The van der Waals surface area contributed by atoms with E-state index in [1.54, 1.807) is 0 Å². The molecule has 100 valence electrons. The van der Waals surface area contributed by atoms with Crippen molar-refractivity contribution in [3.05, 3.63) is 35.9 Å². The van der Waals surface area contributed by atoms with E-state index in [9.17, 15) is 0 Å². The third kappa shape index (κ3) is 3.82. The Balaban J connectivity index is 1.71. The minimum atomic E-state index is 0.458. The average molecular weight is 246 g/mol. The summed E-state index contributed by atoms with van der Waals surface area (Å²) < 4.78 is 0. The lowest BCUT2D eigenvalue weighted by molar-refractivity contribution is 0.174. The minimum Gasteiger partial charge on any atom is -0.310 e. The summed E-state index contributed by atoms with van der Waals surface area (Å²) in [6.45, 7) is 4.64. The molecule has 0 amide bonds. The maximum atomic E-state index is 3.64. The quantitative estimate of drug-likeness (QED) is 0.858. The number of nitrogens with one attached hydrogen (secondary N) is 1. The molecule has 1 aliphatic heterocycles. The number of likely N-dealkylation sites (tertiary alicyclic amines) is 1. The molecule has 2 rings (SSSR count). The lowest BCUT2D eigenvalue weighted by atomic mass is 10.00. The third-order valence-corrected chi connectivity index (χ3v) is 4.15. The Morgan fingerprint density at radius 2 is 2.06 bits per heavy atom. The van der Waals surface area contributed by atoms with Crippen molar-refractivity contribution < 1.29 is 0 Å². The van der Waals surface area contributed by atoms with Gasteiger partial charge in [0, 0.05) is 12.1 Å². The third-order valence-electron chi connectivity index (χ3n) is 4.15. The van der Waals surface area contributed by atoms with Crippen LogP contribution >= 0.6 is 0 Å². The van der Waals surface area contributed by atoms with Crippen molar-refractivity contribution in [2.45, 2.75) is 44.7 Å². The second-order valence-electron chi connectivity index (χ2n) is 5.51. The maximum Gasteiger partial charge on any atom is 0.0291 e. The first-order valence-corrected chi connectivity index (χ1v) is 7.26. The Kier molecular flexibility index (Phi) is 5.21. The number of hydrogen-bond donors (Lipinski definition) is 1. The lowest BCUT2D eigenvalue weighted by Gasteiger charge is -2.32. The number of benzene rings is 1. The zero-order valence-electron chi connectivity index (χ0n) is 11.7. The number of rotatable bonds is 5. The molecular weight excluding hydrogens is 220 g/mol. The van der Waals surface area contributed by atoms with E-state index in [-0.39, 0.29) is 0 Å². The molecule has 0 bridgehead atoms. The van der Waals surface area contributed by atoms with Gasteiger partial charge in [-0.2, -0.15) is 0 Å². The van der Waals surface area contributed by atoms with Gasteiger partial charge in [0.2, 0.25) is 0 Å².